The lowest BCUT2D eigenvalue weighted by Crippen LogP contribution is -2.50. The first kappa shape index (κ1) is 52.0. The van der Waals surface area contributed by atoms with E-state index >= 15 is 0 Å². The first-order chi connectivity index (χ1) is 41.5. The van der Waals surface area contributed by atoms with E-state index in [4.69, 9.17) is 8.83 Å². The third-order valence-corrected chi connectivity index (χ3v) is 20.5. The highest BCUT2D eigenvalue weighted by molar-refractivity contribution is 6.21. The topological polar surface area (TPSA) is 32.8 Å². The molecule has 11 aromatic carbocycles. The molecule has 0 atom stereocenters. The van der Waals surface area contributed by atoms with E-state index in [0.29, 0.717) is 11.8 Å². The maximum absolute atomic E-state index is 7.25. The second-order valence-electron chi connectivity index (χ2n) is 27.1. The molecular formula is C81H74N2O2. The zero-order valence-electron chi connectivity index (χ0n) is 50.1. The number of hydrogen-bond acceptors (Lipinski definition) is 4. The fourth-order valence-electron chi connectivity index (χ4n) is 17.3. The number of para-hydroxylation sites is 6. The molecule has 0 aliphatic heterocycles. The number of fused-ring (bicyclic) bond motifs is 16. The summed E-state index contributed by atoms with van der Waals surface area (Å²) in [7, 11) is 0. The highest BCUT2D eigenvalue weighted by Crippen LogP contribution is 2.69. The van der Waals surface area contributed by atoms with E-state index in [0.717, 1.165) is 67.2 Å². The van der Waals surface area contributed by atoms with Crippen LogP contribution in [0.15, 0.2) is 215 Å². The molecule has 0 spiro atoms. The van der Waals surface area contributed by atoms with Gasteiger partial charge in [0.25, 0.3) is 0 Å². The number of benzene rings is 11. The van der Waals surface area contributed by atoms with Gasteiger partial charge in [0.05, 0.1) is 11.4 Å². The van der Waals surface area contributed by atoms with Gasteiger partial charge in [-0.05, 0) is 175 Å². The van der Waals surface area contributed by atoms with Crippen molar-refractivity contribution >= 4 is 110 Å². The Hall–Kier alpha value is -8.60. The highest BCUT2D eigenvalue weighted by Gasteiger charge is 2.59. The molecule has 13 aromatic rings. The van der Waals surface area contributed by atoms with Crippen molar-refractivity contribution < 1.29 is 8.83 Å². The second kappa shape index (κ2) is 19.7. The number of rotatable bonds is 8. The Labute approximate surface area is 499 Å². The first-order valence-electron chi connectivity index (χ1n) is 31.6. The fourth-order valence-corrected chi connectivity index (χ4v) is 17.3. The molecule has 2 saturated carbocycles. The van der Waals surface area contributed by atoms with E-state index in [1.54, 1.807) is 0 Å². The normalized spacial score (nSPS) is 15.9. The van der Waals surface area contributed by atoms with Crippen molar-refractivity contribution in [1.82, 2.24) is 0 Å². The molecule has 0 unspecified atom stereocenters. The smallest absolute Gasteiger partial charge is 0.159 e. The van der Waals surface area contributed by atoms with Gasteiger partial charge in [0, 0.05) is 49.7 Å². The zero-order valence-corrected chi connectivity index (χ0v) is 50.1. The number of anilines is 6. The minimum Gasteiger partial charge on any atom is -0.454 e. The van der Waals surface area contributed by atoms with Crippen molar-refractivity contribution in [3.05, 3.63) is 229 Å². The fraction of sp³-hybridized carbons (Fsp3) is 0.259. The van der Waals surface area contributed by atoms with Crippen molar-refractivity contribution in [1.29, 1.82) is 0 Å². The number of nitrogens with zero attached hydrogens (tertiary/aromatic N) is 2. The predicted octanol–water partition coefficient (Wildman–Crippen LogP) is 24.3. The third kappa shape index (κ3) is 7.86. The van der Waals surface area contributed by atoms with Gasteiger partial charge < -0.3 is 18.6 Å². The SMILES string of the molecule is CC(C)(C)C1(C(C)(C)C)c2c(ccc3cc(N(c4ccccc4)c4cccc5c4oc4c(C6CCCCC6)cccc45)ccc23)-c2c1c1ccc(N(c3ccccc3)c3cccc4c3oc3c(C5CCCCC5)cccc34)cc1c1ccccc21. The molecule has 0 N–H and O–H groups in total. The average molecular weight is 1110 g/mol. The summed E-state index contributed by atoms with van der Waals surface area (Å²) in [5.41, 5.74) is 17.8. The molecule has 16 rings (SSSR count). The van der Waals surface area contributed by atoms with Gasteiger partial charge in [0.15, 0.2) is 11.2 Å². The Bertz CT molecular complexity index is 4750. The monoisotopic (exact) mass is 1110 g/mol. The highest BCUT2D eigenvalue weighted by atomic mass is 16.3. The van der Waals surface area contributed by atoms with Crippen LogP contribution in [0.3, 0.4) is 0 Å². The molecule has 0 bridgehead atoms. The van der Waals surface area contributed by atoms with Crippen LogP contribution in [0.25, 0.3) is 87.3 Å². The Morgan fingerprint density at radius 2 is 0.788 bits per heavy atom. The van der Waals surface area contributed by atoms with Gasteiger partial charge in [-0.25, -0.2) is 0 Å². The molecule has 2 fully saturated rings. The van der Waals surface area contributed by atoms with E-state index in [1.165, 1.54) is 141 Å². The van der Waals surface area contributed by atoms with Gasteiger partial charge in [-0.2, -0.15) is 0 Å². The van der Waals surface area contributed by atoms with Crippen LogP contribution in [0.1, 0.15) is 140 Å². The van der Waals surface area contributed by atoms with Gasteiger partial charge in [0.1, 0.15) is 11.2 Å². The molecule has 4 heteroatoms. The summed E-state index contributed by atoms with van der Waals surface area (Å²) in [6.07, 6.45) is 12.7. The third-order valence-electron chi connectivity index (χ3n) is 20.5. The summed E-state index contributed by atoms with van der Waals surface area (Å²) in [6, 6.07) is 77.6. The maximum Gasteiger partial charge on any atom is 0.159 e. The van der Waals surface area contributed by atoms with Crippen LogP contribution in [0.5, 0.6) is 0 Å². The summed E-state index contributed by atoms with van der Waals surface area (Å²) in [4.78, 5) is 4.86. The van der Waals surface area contributed by atoms with Crippen LogP contribution < -0.4 is 9.80 Å². The molecule has 3 aliphatic carbocycles. The van der Waals surface area contributed by atoms with Gasteiger partial charge in [0.2, 0.25) is 0 Å². The lowest BCUT2D eigenvalue weighted by atomic mass is 9.49. The van der Waals surface area contributed by atoms with Crippen LogP contribution in [-0.4, -0.2) is 0 Å². The largest absolute Gasteiger partial charge is 0.454 e. The van der Waals surface area contributed by atoms with Crippen molar-refractivity contribution in [2.45, 2.75) is 123 Å². The summed E-state index contributed by atoms with van der Waals surface area (Å²) >= 11 is 0. The molecule has 2 aromatic heterocycles. The van der Waals surface area contributed by atoms with Gasteiger partial charge in [-0.15, -0.1) is 0 Å². The van der Waals surface area contributed by atoms with Gasteiger partial charge in [-0.1, -0.05) is 226 Å². The van der Waals surface area contributed by atoms with E-state index in [9.17, 15) is 0 Å². The number of hydrogen-bond donors (Lipinski definition) is 0. The molecule has 0 amide bonds. The van der Waals surface area contributed by atoms with E-state index in [1.807, 2.05) is 0 Å². The van der Waals surface area contributed by atoms with Crippen LogP contribution in [-0.2, 0) is 5.41 Å². The quantitative estimate of drug-likeness (QED) is 0.142. The summed E-state index contributed by atoms with van der Waals surface area (Å²) in [6.45, 7) is 15.0. The van der Waals surface area contributed by atoms with E-state index in [-0.39, 0.29) is 10.8 Å². The second-order valence-corrected chi connectivity index (χ2v) is 27.1. The Balaban J connectivity index is 0.895. The average Bonchev–Trinajstić information content (AvgIpc) is 1.58. The van der Waals surface area contributed by atoms with E-state index < -0.39 is 5.41 Å². The Kier molecular flexibility index (Phi) is 12.1. The summed E-state index contributed by atoms with van der Waals surface area (Å²) < 4.78 is 14.5. The number of furan rings is 2. The van der Waals surface area contributed by atoms with E-state index in [2.05, 4.69) is 258 Å². The molecule has 0 radical (unpaired) electrons. The van der Waals surface area contributed by atoms with Crippen LogP contribution in [0.4, 0.5) is 34.1 Å². The molecule has 420 valence electrons. The van der Waals surface area contributed by atoms with Gasteiger partial charge >= 0.3 is 0 Å². The van der Waals surface area contributed by atoms with Crippen molar-refractivity contribution in [2.24, 2.45) is 10.8 Å². The predicted molar refractivity (Wildman–Crippen MR) is 360 cm³/mol. The minimum atomic E-state index is -0.445. The Morgan fingerprint density at radius 1 is 0.341 bits per heavy atom. The standard InChI is InChI=1S/C81H74N2O2/c1-79(2,3)81(80(4,5)6)73-58-47-44-56(82(54-29-15-9-16-30-54)70-41-23-39-66-64-37-21-35-59(75(64)84-77(66)70)51-25-11-7-12-26-51)49-53(58)43-46-68(73)72-62-34-20-19-33-61(62)69-50-57(45-48-63(69)74(72)81)83(55-31-17-10-18-32-55)71-42-24-40-67-65-38-22-36-60(76(65)85-78(67)71)52-27-13-8-14-28-52/h9-10,15-24,29-52H,7-8,11-14,25-28H2,1-6H3. The zero-order chi connectivity index (χ0) is 57.3. The molecule has 2 heterocycles. The molecule has 85 heavy (non-hydrogen) atoms. The van der Waals surface area contributed by atoms with Crippen LogP contribution >= 0.6 is 0 Å². The van der Waals surface area contributed by atoms with Crippen molar-refractivity contribution in [3.63, 3.8) is 0 Å². The maximum atomic E-state index is 7.25. The lowest BCUT2D eigenvalue weighted by Gasteiger charge is -2.54. The van der Waals surface area contributed by atoms with Crippen LogP contribution in [0, 0.1) is 10.8 Å². The minimum absolute atomic E-state index is 0.237. The molecule has 4 nitrogen and oxygen atoms in total. The molecule has 0 saturated heterocycles. The molecular weight excluding hydrogens is 1030 g/mol. The summed E-state index contributed by atoms with van der Waals surface area (Å²) in [5.74, 6) is 1.05. The lowest BCUT2D eigenvalue weighted by molar-refractivity contribution is 0.0977. The Morgan fingerprint density at radius 3 is 1.31 bits per heavy atom. The molecule has 3 aliphatic rings. The first-order valence-corrected chi connectivity index (χ1v) is 31.6. The van der Waals surface area contributed by atoms with Gasteiger partial charge in [-0.3, -0.25) is 0 Å². The van der Waals surface area contributed by atoms with Crippen LogP contribution in [0.2, 0.25) is 0 Å². The van der Waals surface area contributed by atoms with Crippen molar-refractivity contribution in [3.8, 4) is 11.1 Å². The van der Waals surface area contributed by atoms with Crippen molar-refractivity contribution in [2.75, 3.05) is 9.80 Å². The summed E-state index contributed by atoms with van der Waals surface area (Å²) in [5, 5.41) is 12.3.